The third kappa shape index (κ3) is 5.71. The molecule has 0 saturated heterocycles. The molecule has 5 heteroatoms. The van der Waals surface area contributed by atoms with Crippen molar-refractivity contribution in [2.75, 3.05) is 20.1 Å². The number of rotatable bonds is 8. The molecule has 3 rings (SSSR count). The minimum Gasteiger partial charge on any atom is -0.356 e. The van der Waals surface area contributed by atoms with Crippen LogP contribution in [0.5, 0.6) is 0 Å². The van der Waals surface area contributed by atoms with Crippen LogP contribution >= 0.6 is 0 Å². The van der Waals surface area contributed by atoms with Gasteiger partial charge >= 0.3 is 0 Å². The fraction of sp³-hybridized carbons (Fsp3) is 0.273. The molecule has 0 bridgehead atoms. The molecule has 5 nitrogen and oxygen atoms in total. The molecule has 0 unspecified atom stereocenters. The number of imidazole rings is 1. The van der Waals surface area contributed by atoms with Crippen molar-refractivity contribution in [2.24, 2.45) is 4.99 Å². The van der Waals surface area contributed by atoms with E-state index in [4.69, 9.17) is 0 Å². The summed E-state index contributed by atoms with van der Waals surface area (Å²) >= 11 is 0. The predicted octanol–water partition coefficient (Wildman–Crippen LogP) is 3.27. The molecule has 0 saturated carbocycles. The van der Waals surface area contributed by atoms with Gasteiger partial charge in [-0.1, -0.05) is 60.7 Å². The van der Waals surface area contributed by atoms with Crippen LogP contribution in [0.2, 0.25) is 0 Å². The zero-order valence-electron chi connectivity index (χ0n) is 15.8. The van der Waals surface area contributed by atoms with Gasteiger partial charge in [-0.2, -0.15) is 0 Å². The van der Waals surface area contributed by atoms with Gasteiger partial charge in [0.15, 0.2) is 5.96 Å². The van der Waals surface area contributed by atoms with Gasteiger partial charge in [0.25, 0.3) is 0 Å². The van der Waals surface area contributed by atoms with Crippen molar-refractivity contribution < 1.29 is 0 Å². The predicted molar refractivity (Wildman–Crippen MR) is 111 cm³/mol. The number of aliphatic imine (C=N–C) groups is 1. The highest BCUT2D eigenvalue weighted by Gasteiger charge is 2.13. The minimum absolute atomic E-state index is 0.365. The minimum atomic E-state index is 0.365. The van der Waals surface area contributed by atoms with Crippen LogP contribution < -0.4 is 10.6 Å². The number of nitrogens with zero attached hydrogens (tertiary/aromatic N) is 3. The summed E-state index contributed by atoms with van der Waals surface area (Å²) in [6.45, 7) is 2.51. The van der Waals surface area contributed by atoms with Crippen molar-refractivity contribution >= 4 is 5.96 Å². The molecular weight excluding hydrogens is 334 g/mol. The molecule has 1 aromatic heterocycles. The van der Waals surface area contributed by atoms with Gasteiger partial charge in [-0.3, -0.25) is 4.99 Å². The van der Waals surface area contributed by atoms with Crippen LogP contribution in [-0.2, 0) is 6.54 Å². The second kappa shape index (κ2) is 10.2. The van der Waals surface area contributed by atoms with Crippen LogP contribution in [0, 0.1) is 0 Å². The number of guanidine groups is 1. The van der Waals surface area contributed by atoms with Gasteiger partial charge < -0.3 is 15.2 Å². The number of hydrogen-bond donors (Lipinski definition) is 2. The molecular formula is C22H27N5. The Balaban J connectivity index is 1.53. The van der Waals surface area contributed by atoms with E-state index in [-0.39, 0.29) is 0 Å². The molecule has 140 valence electrons. The van der Waals surface area contributed by atoms with E-state index in [2.05, 4.69) is 81.3 Å². The molecule has 0 fully saturated rings. The molecule has 3 aromatic rings. The van der Waals surface area contributed by atoms with Crippen molar-refractivity contribution in [2.45, 2.75) is 18.9 Å². The zero-order valence-corrected chi connectivity index (χ0v) is 15.8. The Bertz CT molecular complexity index is 758. The van der Waals surface area contributed by atoms with Crippen molar-refractivity contribution in [1.29, 1.82) is 0 Å². The Morgan fingerprint density at radius 3 is 2.15 bits per heavy atom. The van der Waals surface area contributed by atoms with E-state index in [9.17, 15) is 0 Å². The average molecular weight is 361 g/mol. The number of nitrogens with one attached hydrogen (secondary N) is 2. The normalized spacial score (nSPS) is 11.6. The smallest absolute Gasteiger partial charge is 0.191 e. The third-order valence-electron chi connectivity index (χ3n) is 4.57. The fourth-order valence-electron chi connectivity index (χ4n) is 3.17. The lowest BCUT2D eigenvalue weighted by Gasteiger charge is -2.19. The van der Waals surface area contributed by atoms with Crippen LogP contribution in [0.25, 0.3) is 0 Å². The molecule has 0 atom stereocenters. The van der Waals surface area contributed by atoms with Gasteiger partial charge in [0.1, 0.15) is 0 Å². The van der Waals surface area contributed by atoms with Gasteiger partial charge in [-0.15, -0.1) is 0 Å². The summed E-state index contributed by atoms with van der Waals surface area (Å²) in [5, 5.41) is 6.78. The lowest BCUT2D eigenvalue weighted by Crippen LogP contribution is -2.39. The highest BCUT2D eigenvalue weighted by atomic mass is 15.2. The number of hydrogen-bond acceptors (Lipinski definition) is 2. The van der Waals surface area contributed by atoms with Crippen molar-refractivity contribution in [3.8, 4) is 0 Å². The first kappa shape index (κ1) is 18.7. The monoisotopic (exact) mass is 361 g/mol. The quantitative estimate of drug-likeness (QED) is 0.478. The van der Waals surface area contributed by atoms with Crippen molar-refractivity contribution in [1.82, 2.24) is 20.2 Å². The summed E-state index contributed by atoms with van der Waals surface area (Å²) in [5.74, 6) is 1.19. The van der Waals surface area contributed by atoms with E-state index in [1.807, 2.05) is 17.1 Å². The molecule has 27 heavy (non-hydrogen) atoms. The zero-order chi connectivity index (χ0) is 18.7. The van der Waals surface area contributed by atoms with Crippen LogP contribution in [0.15, 0.2) is 84.4 Å². The fourth-order valence-corrected chi connectivity index (χ4v) is 3.17. The van der Waals surface area contributed by atoms with Crippen LogP contribution in [0.1, 0.15) is 23.5 Å². The standard InChI is InChI=1S/C22H27N5/c1-23-22(26-15-17-27-16-14-24-18-27)25-13-12-21(19-8-4-2-5-9-19)20-10-6-3-7-11-20/h2-11,14,16,18,21H,12-13,15,17H2,1H3,(H2,23,25,26). The molecule has 2 aromatic carbocycles. The maximum atomic E-state index is 4.32. The lowest BCUT2D eigenvalue weighted by molar-refractivity contribution is 0.646. The second-order valence-corrected chi connectivity index (χ2v) is 6.39. The summed E-state index contributed by atoms with van der Waals surface area (Å²) in [7, 11) is 1.80. The Hall–Kier alpha value is -3.08. The van der Waals surface area contributed by atoms with E-state index in [1.54, 1.807) is 13.2 Å². The second-order valence-electron chi connectivity index (χ2n) is 6.39. The average Bonchev–Trinajstić information content (AvgIpc) is 3.24. The van der Waals surface area contributed by atoms with Gasteiger partial charge in [0, 0.05) is 45.0 Å². The highest BCUT2D eigenvalue weighted by Crippen LogP contribution is 2.27. The van der Waals surface area contributed by atoms with Crippen LogP contribution in [-0.4, -0.2) is 35.6 Å². The number of benzene rings is 2. The van der Waals surface area contributed by atoms with Crippen LogP contribution in [0.4, 0.5) is 0 Å². The first-order valence-corrected chi connectivity index (χ1v) is 9.37. The van der Waals surface area contributed by atoms with Crippen molar-refractivity contribution in [3.63, 3.8) is 0 Å². The van der Waals surface area contributed by atoms with E-state index >= 15 is 0 Å². The van der Waals surface area contributed by atoms with Crippen molar-refractivity contribution in [3.05, 3.63) is 90.5 Å². The molecule has 0 amide bonds. The molecule has 0 aliphatic rings. The van der Waals surface area contributed by atoms with E-state index in [1.165, 1.54) is 11.1 Å². The molecule has 0 aliphatic heterocycles. The summed E-state index contributed by atoms with van der Waals surface area (Å²) in [6.07, 6.45) is 6.57. The first-order valence-electron chi connectivity index (χ1n) is 9.37. The maximum absolute atomic E-state index is 4.32. The van der Waals surface area contributed by atoms with Crippen LogP contribution in [0.3, 0.4) is 0 Å². The Labute approximate surface area is 161 Å². The summed E-state index contributed by atoms with van der Waals surface area (Å²) < 4.78 is 2.04. The van der Waals surface area contributed by atoms with E-state index < -0.39 is 0 Å². The Morgan fingerprint density at radius 1 is 0.963 bits per heavy atom. The van der Waals surface area contributed by atoms with Gasteiger partial charge in [0.2, 0.25) is 0 Å². The molecule has 0 radical (unpaired) electrons. The van der Waals surface area contributed by atoms with E-state index in [0.29, 0.717) is 5.92 Å². The molecule has 0 spiro atoms. The lowest BCUT2D eigenvalue weighted by atomic mass is 9.88. The Kier molecular flexibility index (Phi) is 7.04. The topological polar surface area (TPSA) is 54.2 Å². The first-order chi connectivity index (χ1) is 13.4. The number of aromatic nitrogens is 2. The van der Waals surface area contributed by atoms with Gasteiger partial charge in [0.05, 0.1) is 6.33 Å². The molecule has 0 aliphatic carbocycles. The van der Waals surface area contributed by atoms with Gasteiger partial charge in [-0.05, 0) is 17.5 Å². The van der Waals surface area contributed by atoms with Gasteiger partial charge in [-0.25, -0.2) is 4.98 Å². The third-order valence-corrected chi connectivity index (χ3v) is 4.57. The molecule has 2 N–H and O–H groups in total. The summed E-state index contributed by atoms with van der Waals surface area (Å²) in [6, 6.07) is 21.4. The molecule has 1 heterocycles. The maximum Gasteiger partial charge on any atom is 0.191 e. The van der Waals surface area contributed by atoms with E-state index in [0.717, 1.165) is 32.0 Å². The highest BCUT2D eigenvalue weighted by molar-refractivity contribution is 5.79. The Morgan fingerprint density at radius 2 is 1.59 bits per heavy atom. The summed E-state index contributed by atoms with van der Waals surface area (Å²) in [4.78, 5) is 8.37. The largest absolute Gasteiger partial charge is 0.356 e. The SMILES string of the molecule is CN=C(NCCC(c1ccccc1)c1ccccc1)NCCn1ccnc1. The summed E-state index contributed by atoms with van der Waals surface area (Å²) in [5.41, 5.74) is 2.68.